The zero-order chi connectivity index (χ0) is 21.3. The van der Waals surface area contributed by atoms with Gasteiger partial charge in [0.05, 0.1) is 13.2 Å². The summed E-state index contributed by atoms with van der Waals surface area (Å²) in [6, 6.07) is 37.4. The minimum Gasteiger partial charge on any atom is -0.493 e. The fourth-order valence-electron chi connectivity index (χ4n) is 3.62. The van der Waals surface area contributed by atoms with Crippen molar-refractivity contribution in [2.24, 2.45) is 0 Å². The third-order valence-electron chi connectivity index (χ3n) is 5.24. The Kier molecular flexibility index (Phi) is 6.99. The molecule has 0 aliphatic rings. The lowest BCUT2D eigenvalue weighted by Gasteiger charge is -2.20. The number of rotatable bonds is 9. The van der Waals surface area contributed by atoms with E-state index in [4.69, 9.17) is 9.47 Å². The van der Waals surface area contributed by atoms with E-state index in [2.05, 4.69) is 72.0 Å². The fourth-order valence-corrected chi connectivity index (χ4v) is 3.62. The lowest BCUT2D eigenvalue weighted by atomic mass is 9.98. The lowest BCUT2D eigenvalue weighted by Crippen LogP contribution is -2.22. The maximum atomic E-state index is 5.99. The minimum atomic E-state index is 0.113. The molecular weight excluding hydrogens is 382 g/mol. The molecule has 3 heteroatoms. The highest BCUT2D eigenvalue weighted by Gasteiger charge is 2.14. The molecule has 4 aromatic carbocycles. The van der Waals surface area contributed by atoms with Gasteiger partial charge in [0.2, 0.25) is 0 Å². The molecule has 0 amide bonds. The molecule has 0 saturated heterocycles. The average molecular weight is 410 g/mol. The maximum absolute atomic E-state index is 5.99. The molecule has 0 radical (unpaired) electrons. The third kappa shape index (κ3) is 5.53. The topological polar surface area (TPSA) is 30.5 Å². The molecule has 0 fully saturated rings. The summed E-state index contributed by atoms with van der Waals surface area (Å²) in [6.45, 7) is 1.22. The summed E-state index contributed by atoms with van der Waals surface area (Å²) in [5.41, 5.74) is 4.75. The Morgan fingerprint density at radius 1 is 0.645 bits per heavy atom. The Balaban J connectivity index is 1.47. The molecule has 0 spiro atoms. The van der Waals surface area contributed by atoms with E-state index in [1.807, 2.05) is 42.5 Å². The van der Waals surface area contributed by atoms with E-state index < -0.39 is 0 Å². The third-order valence-corrected chi connectivity index (χ3v) is 5.24. The van der Waals surface area contributed by atoms with Crippen molar-refractivity contribution >= 4 is 0 Å². The van der Waals surface area contributed by atoms with Crippen molar-refractivity contribution in [1.29, 1.82) is 0 Å². The zero-order valence-electron chi connectivity index (χ0n) is 17.7. The molecule has 0 bridgehead atoms. The normalized spacial score (nSPS) is 10.8. The van der Waals surface area contributed by atoms with E-state index in [-0.39, 0.29) is 6.04 Å². The smallest absolute Gasteiger partial charge is 0.161 e. The van der Waals surface area contributed by atoms with E-state index in [9.17, 15) is 0 Å². The minimum absolute atomic E-state index is 0.113. The van der Waals surface area contributed by atoms with Crippen LogP contribution in [0.1, 0.15) is 28.3 Å². The molecule has 0 aliphatic carbocycles. The predicted octanol–water partition coefficient (Wildman–Crippen LogP) is 6.15. The molecule has 0 atom stereocenters. The molecule has 31 heavy (non-hydrogen) atoms. The molecule has 0 unspecified atom stereocenters. The predicted molar refractivity (Wildman–Crippen MR) is 125 cm³/mol. The number of nitrogens with one attached hydrogen (secondary N) is 1. The van der Waals surface area contributed by atoms with Gasteiger partial charge in [-0.25, -0.2) is 0 Å². The van der Waals surface area contributed by atoms with E-state index in [1.165, 1.54) is 11.1 Å². The number of benzene rings is 4. The van der Waals surface area contributed by atoms with Crippen LogP contribution >= 0.6 is 0 Å². The summed E-state index contributed by atoms with van der Waals surface area (Å²) in [5, 5.41) is 3.70. The highest BCUT2D eigenvalue weighted by atomic mass is 16.5. The number of methoxy groups -OCH3 is 1. The first-order valence-corrected chi connectivity index (χ1v) is 10.5. The van der Waals surface area contributed by atoms with Gasteiger partial charge in [-0.05, 0) is 34.4 Å². The van der Waals surface area contributed by atoms with Gasteiger partial charge >= 0.3 is 0 Å². The van der Waals surface area contributed by atoms with Gasteiger partial charge in [-0.15, -0.1) is 0 Å². The molecule has 4 aromatic rings. The van der Waals surface area contributed by atoms with Gasteiger partial charge < -0.3 is 14.8 Å². The summed E-state index contributed by atoms with van der Waals surface area (Å²) in [7, 11) is 1.68. The molecule has 0 saturated carbocycles. The van der Waals surface area contributed by atoms with Gasteiger partial charge in [0.1, 0.15) is 6.61 Å². The second-order valence-electron chi connectivity index (χ2n) is 7.39. The van der Waals surface area contributed by atoms with Crippen LogP contribution in [0.2, 0.25) is 0 Å². The number of hydrogen-bond donors (Lipinski definition) is 1. The quantitative estimate of drug-likeness (QED) is 0.359. The Bertz CT molecular complexity index is 1030. The van der Waals surface area contributed by atoms with E-state index in [0.717, 1.165) is 22.6 Å². The van der Waals surface area contributed by atoms with Crippen molar-refractivity contribution in [1.82, 2.24) is 5.32 Å². The van der Waals surface area contributed by atoms with E-state index >= 15 is 0 Å². The fraction of sp³-hybridized carbons (Fsp3) is 0.143. The monoisotopic (exact) mass is 409 g/mol. The van der Waals surface area contributed by atoms with Crippen LogP contribution in [0.4, 0.5) is 0 Å². The average Bonchev–Trinajstić information content (AvgIpc) is 2.85. The zero-order valence-corrected chi connectivity index (χ0v) is 17.7. The summed E-state index contributed by atoms with van der Waals surface area (Å²) >= 11 is 0. The van der Waals surface area contributed by atoms with Crippen LogP contribution < -0.4 is 14.8 Å². The van der Waals surface area contributed by atoms with Crippen LogP contribution in [0.15, 0.2) is 109 Å². The number of ether oxygens (including phenoxy) is 2. The Hall–Kier alpha value is -3.56. The Labute approximate surface area is 184 Å². The lowest BCUT2D eigenvalue weighted by molar-refractivity contribution is 0.284. The van der Waals surface area contributed by atoms with Crippen molar-refractivity contribution in [3.05, 3.63) is 131 Å². The van der Waals surface area contributed by atoms with E-state index in [0.29, 0.717) is 13.2 Å². The molecule has 3 nitrogen and oxygen atoms in total. The van der Waals surface area contributed by atoms with Gasteiger partial charge in [-0.3, -0.25) is 0 Å². The van der Waals surface area contributed by atoms with Gasteiger partial charge in [-0.2, -0.15) is 0 Å². The van der Waals surface area contributed by atoms with Gasteiger partial charge in [0.25, 0.3) is 0 Å². The Morgan fingerprint density at radius 3 is 1.81 bits per heavy atom. The van der Waals surface area contributed by atoms with Gasteiger partial charge in [0, 0.05) is 6.54 Å². The first kappa shape index (κ1) is 20.7. The van der Waals surface area contributed by atoms with E-state index in [1.54, 1.807) is 7.11 Å². The molecule has 4 rings (SSSR count). The van der Waals surface area contributed by atoms with Crippen LogP contribution in [-0.2, 0) is 13.2 Å². The maximum Gasteiger partial charge on any atom is 0.161 e. The first-order chi connectivity index (χ1) is 15.3. The van der Waals surface area contributed by atoms with Gasteiger partial charge in [0.15, 0.2) is 11.5 Å². The summed E-state index contributed by atoms with van der Waals surface area (Å²) in [4.78, 5) is 0. The van der Waals surface area contributed by atoms with Crippen LogP contribution in [0.25, 0.3) is 0 Å². The molecular formula is C28H27NO2. The number of hydrogen-bond acceptors (Lipinski definition) is 3. The molecule has 156 valence electrons. The Morgan fingerprint density at radius 2 is 1.23 bits per heavy atom. The van der Waals surface area contributed by atoms with Gasteiger partial charge in [-0.1, -0.05) is 97.1 Å². The van der Waals surface area contributed by atoms with Crippen LogP contribution in [0, 0.1) is 0 Å². The van der Waals surface area contributed by atoms with Crippen LogP contribution in [0.5, 0.6) is 11.5 Å². The van der Waals surface area contributed by atoms with Crippen LogP contribution in [-0.4, -0.2) is 7.11 Å². The van der Waals surface area contributed by atoms with Crippen LogP contribution in [0.3, 0.4) is 0 Å². The second kappa shape index (κ2) is 10.5. The van der Waals surface area contributed by atoms with Crippen molar-refractivity contribution in [2.75, 3.05) is 7.11 Å². The SMILES string of the molecule is COc1cc(CNC(c2ccccc2)c2ccccc2)ccc1OCc1ccccc1. The molecule has 0 heterocycles. The molecule has 1 N–H and O–H groups in total. The largest absolute Gasteiger partial charge is 0.493 e. The van der Waals surface area contributed by atoms with Crippen molar-refractivity contribution in [3.63, 3.8) is 0 Å². The van der Waals surface area contributed by atoms with Crippen molar-refractivity contribution in [2.45, 2.75) is 19.2 Å². The summed E-state index contributed by atoms with van der Waals surface area (Å²) in [5.74, 6) is 1.49. The first-order valence-electron chi connectivity index (χ1n) is 10.5. The highest BCUT2D eigenvalue weighted by Crippen LogP contribution is 2.29. The molecule has 0 aromatic heterocycles. The van der Waals surface area contributed by atoms with Crippen molar-refractivity contribution in [3.8, 4) is 11.5 Å². The highest BCUT2D eigenvalue weighted by molar-refractivity contribution is 5.43. The standard InChI is InChI=1S/C28H27NO2/c1-30-27-19-23(17-18-26(27)31-21-22-11-5-2-6-12-22)20-29-28(24-13-7-3-8-14-24)25-15-9-4-10-16-25/h2-19,28-29H,20-21H2,1H3. The molecule has 0 aliphatic heterocycles. The summed E-state index contributed by atoms with van der Waals surface area (Å²) in [6.07, 6.45) is 0. The van der Waals surface area contributed by atoms with Crippen molar-refractivity contribution < 1.29 is 9.47 Å². The second-order valence-corrected chi connectivity index (χ2v) is 7.39. The summed E-state index contributed by atoms with van der Waals surface area (Å²) < 4.78 is 11.6.